The quantitative estimate of drug-likeness (QED) is 0.370. The minimum absolute atomic E-state index is 0.0711. The van der Waals surface area contributed by atoms with Crippen LogP contribution in [0.15, 0.2) is 6.07 Å². The smallest absolute Gasteiger partial charge is 0.351 e. The molecule has 0 unspecified atom stereocenters. The molecule has 6 heteroatoms. The molecular formula is C16H25NO4S. The van der Waals surface area contributed by atoms with E-state index >= 15 is 0 Å². The Morgan fingerprint density at radius 1 is 1.23 bits per heavy atom. The highest BCUT2D eigenvalue weighted by molar-refractivity contribution is 7.16. The number of esters is 1. The first-order valence-electron chi connectivity index (χ1n) is 7.75. The van der Waals surface area contributed by atoms with Gasteiger partial charge >= 0.3 is 5.97 Å². The summed E-state index contributed by atoms with van der Waals surface area (Å²) in [5, 5.41) is 12.7. The van der Waals surface area contributed by atoms with Crippen LogP contribution in [-0.2, 0) is 4.74 Å². The molecule has 1 aromatic rings. The van der Waals surface area contributed by atoms with Crippen molar-refractivity contribution in [2.75, 3.05) is 20.2 Å². The van der Waals surface area contributed by atoms with E-state index in [0.717, 1.165) is 24.3 Å². The zero-order chi connectivity index (χ0) is 16.4. The van der Waals surface area contributed by atoms with Crippen LogP contribution in [0.2, 0.25) is 0 Å². The van der Waals surface area contributed by atoms with E-state index in [1.807, 2.05) is 0 Å². The van der Waals surface area contributed by atoms with Gasteiger partial charge in [-0.1, -0.05) is 39.0 Å². The molecule has 0 saturated carbocycles. The molecule has 0 atom stereocenters. The molecule has 1 rings (SSSR count). The van der Waals surface area contributed by atoms with Gasteiger partial charge in [0.1, 0.15) is 5.75 Å². The number of nitrogens with one attached hydrogen (secondary N) is 1. The third-order valence-electron chi connectivity index (χ3n) is 3.35. The van der Waals surface area contributed by atoms with Gasteiger partial charge in [0.2, 0.25) is 0 Å². The summed E-state index contributed by atoms with van der Waals surface area (Å²) in [7, 11) is 1.24. The van der Waals surface area contributed by atoms with Crippen LogP contribution < -0.4 is 5.32 Å². The number of Topliss-reactive ketones (excluding diaryl/α,β-unsaturated/α-hetero) is 1. The van der Waals surface area contributed by atoms with E-state index in [1.165, 1.54) is 45.3 Å². The summed E-state index contributed by atoms with van der Waals surface area (Å²) in [6.45, 7) is 3.22. The molecule has 124 valence electrons. The van der Waals surface area contributed by atoms with Crippen molar-refractivity contribution in [3.05, 3.63) is 15.8 Å². The standard InChI is InChI=1S/C16H25NO4S/c1-3-4-5-6-7-8-9-17-11-13(19)14-10-12(18)15(22-14)16(20)21-2/h10,17-18H,3-9,11H2,1-2H3. The molecule has 0 amide bonds. The third kappa shape index (κ3) is 6.15. The second kappa shape index (κ2) is 10.3. The second-order valence-corrected chi connectivity index (χ2v) is 6.24. The Morgan fingerprint density at radius 3 is 2.59 bits per heavy atom. The van der Waals surface area contributed by atoms with Gasteiger partial charge in [0.25, 0.3) is 0 Å². The molecule has 0 fully saturated rings. The van der Waals surface area contributed by atoms with E-state index in [1.54, 1.807) is 0 Å². The number of hydrogen-bond donors (Lipinski definition) is 2. The van der Waals surface area contributed by atoms with Gasteiger partial charge in [0.05, 0.1) is 18.5 Å². The van der Waals surface area contributed by atoms with Crippen LogP contribution >= 0.6 is 11.3 Å². The minimum Gasteiger partial charge on any atom is -0.506 e. The molecule has 1 heterocycles. The first kappa shape index (κ1) is 18.6. The second-order valence-electron chi connectivity index (χ2n) is 5.18. The zero-order valence-corrected chi connectivity index (χ0v) is 14.1. The average molecular weight is 327 g/mol. The lowest BCUT2D eigenvalue weighted by molar-refractivity contribution is 0.0603. The van der Waals surface area contributed by atoms with E-state index in [0.29, 0.717) is 4.88 Å². The van der Waals surface area contributed by atoms with Crippen molar-refractivity contribution in [1.29, 1.82) is 0 Å². The SMILES string of the molecule is CCCCCCCCNCC(=O)c1cc(O)c(C(=O)OC)s1. The Labute approximate surface area is 135 Å². The largest absolute Gasteiger partial charge is 0.506 e. The highest BCUT2D eigenvalue weighted by Crippen LogP contribution is 2.29. The Balaban J connectivity index is 2.27. The number of rotatable bonds is 11. The number of carbonyl (C=O) groups excluding carboxylic acids is 2. The maximum atomic E-state index is 12.0. The van der Waals surface area contributed by atoms with Crippen molar-refractivity contribution in [3.8, 4) is 5.75 Å². The normalized spacial score (nSPS) is 10.6. The molecule has 0 aliphatic rings. The summed E-state index contributed by atoms with van der Waals surface area (Å²) in [5.74, 6) is -0.945. The van der Waals surface area contributed by atoms with Crippen LogP contribution in [0.25, 0.3) is 0 Å². The number of thiophene rings is 1. The van der Waals surface area contributed by atoms with Gasteiger partial charge in [0, 0.05) is 6.07 Å². The van der Waals surface area contributed by atoms with Gasteiger partial charge in [-0.2, -0.15) is 0 Å². The molecule has 2 N–H and O–H groups in total. The average Bonchev–Trinajstić information content (AvgIpc) is 2.91. The van der Waals surface area contributed by atoms with Crippen LogP contribution in [0.5, 0.6) is 5.75 Å². The molecular weight excluding hydrogens is 302 g/mol. The predicted octanol–water partition coefficient (Wildman–Crippen LogP) is 3.37. The summed E-state index contributed by atoms with van der Waals surface area (Å²) >= 11 is 0.964. The molecule has 5 nitrogen and oxygen atoms in total. The van der Waals surface area contributed by atoms with Gasteiger partial charge in [-0.3, -0.25) is 4.79 Å². The molecule has 0 aliphatic carbocycles. The van der Waals surface area contributed by atoms with Crippen molar-refractivity contribution in [3.63, 3.8) is 0 Å². The summed E-state index contributed by atoms with van der Waals surface area (Å²) in [4.78, 5) is 23.8. The summed E-state index contributed by atoms with van der Waals surface area (Å²) in [6.07, 6.45) is 7.28. The number of aromatic hydroxyl groups is 1. The monoisotopic (exact) mass is 327 g/mol. The molecule has 22 heavy (non-hydrogen) atoms. The van der Waals surface area contributed by atoms with Crippen LogP contribution in [-0.4, -0.2) is 37.1 Å². The lowest BCUT2D eigenvalue weighted by Crippen LogP contribution is -2.23. The topological polar surface area (TPSA) is 75.6 Å². The minimum atomic E-state index is -0.624. The Bertz CT molecular complexity index is 484. The van der Waals surface area contributed by atoms with Gasteiger partial charge < -0.3 is 15.2 Å². The van der Waals surface area contributed by atoms with Crippen molar-refractivity contribution >= 4 is 23.1 Å². The number of hydrogen-bond acceptors (Lipinski definition) is 6. The molecule has 0 bridgehead atoms. The third-order valence-corrected chi connectivity index (χ3v) is 4.50. The first-order valence-corrected chi connectivity index (χ1v) is 8.56. The fourth-order valence-electron chi connectivity index (χ4n) is 2.08. The van der Waals surface area contributed by atoms with Crippen LogP contribution in [0.1, 0.15) is 64.8 Å². The van der Waals surface area contributed by atoms with Gasteiger partial charge in [-0.15, -0.1) is 11.3 Å². The fourth-order valence-corrected chi connectivity index (χ4v) is 2.98. The Morgan fingerprint density at radius 2 is 1.91 bits per heavy atom. The number of carbonyl (C=O) groups is 2. The zero-order valence-electron chi connectivity index (χ0n) is 13.3. The van der Waals surface area contributed by atoms with E-state index in [2.05, 4.69) is 17.0 Å². The van der Waals surface area contributed by atoms with E-state index in [-0.39, 0.29) is 23.0 Å². The molecule has 0 aromatic carbocycles. The van der Waals surface area contributed by atoms with Gasteiger partial charge in [-0.05, 0) is 13.0 Å². The Kier molecular flexibility index (Phi) is 8.77. The maximum Gasteiger partial charge on any atom is 0.351 e. The number of unbranched alkanes of at least 4 members (excludes halogenated alkanes) is 5. The van der Waals surface area contributed by atoms with Crippen LogP contribution in [0, 0.1) is 0 Å². The maximum absolute atomic E-state index is 12.0. The van der Waals surface area contributed by atoms with E-state index < -0.39 is 5.97 Å². The lowest BCUT2D eigenvalue weighted by atomic mass is 10.1. The summed E-state index contributed by atoms with van der Waals surface area (Å²) in [5.41, 5.74) is 0. The molecule has 1 aromatic heterocycles. The summed E-state index contributed by atoms with van der Waals surface area (Å²) in [6, 6.07) is 1.33. The van der Waals surface area contributed by atoms with Crippen LogP contribution in [0.4, 0.5) is 0 Å². The van der Waals surface area contributed by atoms with Crippen molar-refractivity contribution in [2.24, 2.45) is 0 Å². The molecule has 0 aliphatic heterocycles. The van der Waals surface area contributed by atoms with Gasteiger partial charge in [0.15, 0.2) is 10.7 Å². The summed E-state index contributed by atoms with van der Waals surface area (Å²) < 4.78 is 4.55. The van der Waals surface area contributed by atoms with Crippen molar-refractivity contribution in [2.45, 2.75) is 45.4 Å². The fraction of sp³-hybridized carbons (Fsp3) is 0.625. The highest BCUT2D eigenvalue weighted by Gasteiger charge is 2.19. The molecule has 0 spiro atoms. The van der Waals surface area contributed by atoms with Crippen molar-refractivity contribution < 1.29 is 19.4 Å². The number of ketones is 1. The van der Waals surface area contributed by atoms with E-state index in [4.69, 9.17) is 0 Å². The molecule has 0 saturated heterocycles. The number of methoxy groups -OCH3 is 1. The van der Waals surface area contributed by atoms with Crippen LogP contribution in [0.3, 0.4) is 0 Å². The lowest BCUT2D eigenvalue weighted by Gasteiger charge is -2.03. The predicted molar refractivity (Wildman–Crippen MR) is 87.9 cm³/mol. The number of ether oxygens (including phenoxy) is 1. The van der Waals surface area contributed by atoms with E-state index in [9.17, 15) is 14.7 Å². The molecule has 0 radical (unpaired) electrons. The Hall–Kier alpha value is -1.40. The van der Waals surface area contributed by atoms with Crippen molar-refractivity contribution in [1.82, 2.24) is 5.32 Å². The highest BCUT2D eigenvalue weighted by atomic mass is 32.1. The van der Waals surface area contributed by atoms with Gasteiger partial charge in [-0.25, -0.2) is 4.79 Å². The first-order chi connectivity index (χ1) is 10.6.